The van der Waals surface area contributed by atoms with Gasteiger partial charge in [-0.25, -0.2) is 0 Å². The molecule has 2 aromatic carbocycles. The molecule has 0 saturated heterocycles. The minimum absolute atomic E-state index is 0.0793. The van der Waals surface area contributed by atoms with Gasteiger partial charge in [0.15, 0.2) is 0 Å². The Hall–Kier alpha value is -1.84. The van der Waals surface area contributed by atoms with Gasteiger partial charge in [-0.2, -0.15) is 0 Å². The lowest BCUT2D eigenvalue weighted by molar-refractivity contribution is 0.0687. The van der Waals surface area contributed by atoms with Crippen LogP contribution in [0.3, 0.4) is 0 Å². The zero-order valence-corrected chi connectivity index (χ0v) is 11.1. The van der Waals surface area contributed by atoms with E-state index in [1.165, 1.54) is 0 Å². The standard InChI is InChI=1S/C16H19NO2/c1-2-18-16(12-17)13-7-6-10-15(11-13)19-14-8-4-3-5-9-14/h3-11,16H,2,12,17H2,1H3. The van der Waals surface area contributed by atoms with Gasteiger partial charge in [0.1, 0.15) is 11.5 Å². The van der Waals surface area contributed by atoms with Crippen molar-refractivity contribution in [3.05, 3.63) is 60.2 Å². The number of hydrogen-bond donors (Lipinski definition) is 1. The van der Waals surface area contributed by atoms with Crippen molar-refractivity contribution in [2.45, 2.75) is 13.0 Å². The van der Waals surface area contributed by atoms with E-state index in [2.05, 4.69) is 0 Å². The van der Waals surface area contributed by atoms with Crippen LogP contribution in [0.5, 0.6) is 11.5 Å². The molecule has 3 heteroatoms. The molecule has 0 aliphatic heterocycles. The highest BCUT2D eigenvalue weighted by Crippen LogP contribution is 2.25. The summed E-state index contributed by atoms with van der Waals surface area (Å²) >= 11 is 0. The first-order valence-corrected chi connectivity index (χ1v) is 6.48. The van der Waals surface area contributed by atoms with Crippen molar-refractivity contribution in [2.24, 2.45) is 5.73 Å². The third-order valence-electron chi connectivity index (χ3n) is 2.79. The summed E-state index contributed by atoms with van der Waals surface area (Å²) in [7, 11) is 0. The number of benzene rings is 2. The predicted octanol–water partition coefficient (Wildman–Crippen LogP) is 3.52. The summed E-state index contributed by atoms with van der Waals surface area (Å²) in [5.41, 5.74) is 6.77. The van der Waals surface area contributed by atoms with Crippen LogP contribution in [0, 0.1) is 0 Å². The molecule has 0 amide bonds. The van der Waals surface area contributed by atoms with Gasteiger partial charge in [0.05, 0.1) is 6.10 Å². The van der Waals surface area contributed by atoms with E-state index in [1.807, 2.05) is 61.5 Å². The van der Waals surface area contributed by atoms with Crippen LogP contribution in [0.15, 0.2) is 54.6 Å². The number of para-hydroxylation sites is 1. The average molecular weight is 257 g/mol. The van der Waals surface area contributed by atoms with Crippen LogP contribution in [0.2, 0.25) is 0 Å². The minimum Gasteiger partial charge on any atom is -0.457 e. The maximum absolute atomic E-state index is 5.80. The van der Waals surface area contributed by atoms with E-state index in [4.69, 9.17) is 15.2 Å². The van der Waals surface area contributed by atoms with Crippen molar-refractivity contribution in [3.8, 4) is 11.5 Å². The van der Waals surface area contributed by atoms with Crippen molar-refractivity contribution < 1.29 is 9.47 Å². The molecule has 2 aromatic rings. The van der Waals surface area contributed by atoms with E-state index >= 15 is 0 Å². The van der Waals surface area contributed by atoms with Crippen LogP contribution < -0.4 is 10.5 Å². The van der Waals surface area contributed by atoms with E-state index in [0.717, 1.165) is 17.1 Å². The van der Waals surface area contributed by atoms with Crippen molar-refractivity contribution in [2.75, 3.05) is 13.2 Å². The minimum atomic E-state index is -0.0793. The first kappa shape index (κ1) is 13.6. The van der Waals surface area contributed by atoms with Crippen LogP contribution in [0.1, 0.15) is 18.6 Å². The van der Waals surface area contributed by atoms with Gasteiger partial charge < -0.3 is 15.2 Å². The van der Waals surface area contributed by atoms with Crippen LogP contribution in [0.4, 0.5) is 0 Å². The molecule has 0 fully saturated rings. The molecule has 19 heavy (non-hydrogen) atoms. The largest absolute Gasteiger partial charge is 0.457 e. The second-order valence-electron chi connectivity index (χ2n) is 4.17. The van der Waals surface area contributed by atoms with Crippen molar-refractivity contribution in [1.82, 2.24) is 0 Å². The summed E-state index contributed by atoms with van der Waals surface area (Å²) in [6, 6.07) is 17.6. The molecule has 1 unspecified atom stereocenters. The number of hydrogen-bond acceptors (Lipinski definition) is 3. The lowest BCUT2D eigenvalue weighted by Gasteiger charge is -2.16. The summed E-state index contributed by atoms with van der Waals surface area (Å²) in [5, 5.41) is 0. The maximum Gasteiger partial charge on any atom is 0.127 e. The topological polar surface area (TPSA) is 44.5 Å². The Morgan fingerprint density at radius 3 is 2.42 bits per heavy atom. The average Bonchev–Trinajstić information content (AvgIpc) is 2.46. The van der Waals surface area contributed by atoms with Gasteiger partial charge in [-0.1, -0.05) is 30.3 Å². The highest BCUT2D eigenvalue weighted by molar-refractivity contribution is 5.34. The Bertz CT molecular complexity index is 499. The number of nitrogens with two attached hydrogens (primary N) is 1. The summed E-state index contributed by atoms with van der Waals surface area (Å²) in [6.07, 6.45) is -0.0793. The summed E-state index contributed by atoms with van der Waals surface area (Å²) < 4.78 is 11.4. The fraction of sp³-hybridized carbons (Fsp3) is 0.250. The molecular weight excluding hydrogens is 238 g/mol. The third kappa shape index (κ3) is 3.81. The highest BCUT2D eigenvalue weighted by Gasteiger charge is 2.10. The van der Waals surface area contributed by atoms with Crippen molar-refractivity contribution >= 4 is 0 Å². The fourth-order valence-corrected chi connectivity index (χ4v) is 1.90. The molecule has 2 rings (SSSR count). The molecule has 0 spiro atoms. The molecule has 0 aliphatic carbocycles. The van der Waals surface area contributed by atoms with Gasteiger partial charge in [-0.05, 0) is 36.8 Å². The molecule has 0 saturated carbocycles. The van der Waals surface area contributed by atoms with Crippen molar-refractivity contribution in [3.63, 3.8) is 0 Å². The zero-order chi connectivity index (χ0) is 13.5. The first-order valence-electron chi connectivity index (χ1n) is 6.48. The van der Waals surface area contributed by atoms with Crippen LogP contribution in [0.25, 0.3) is 0 Å². The van der Waals surface area contributed by atoms with E-state index in [-0.39, 0.29) is 6.10 Å². The monoisotopic (exact) mass is 257 g/mol. The molecule has 100 valence electrons. The van der Waals surface area contributed by atoms with Gasteiger partial charge in [0.25, 0.3) is 0 Å². The molecule has 2 N–H and O–H groups in total. The van der Waals surface area contributed by atoms with Gasteiger partial charge in [-0.15, -0.1) is 0 Å². The summed E-state index contributed by atoms with van der Waals surface area (Å²) in [6.45, 7) is 3.07. The smallest absolute Gasteiger partial charge is 0.127 e. The molecule has 0 aliphatic rings. The number of ether oxygens (including phenoxy) is 2. The predicted molar refractivity (Wildman–Crippen MR) is 76.4 cm³/mol. The third-order valence-corrected chi connectivity index (χ3v) is 2.79. The van der Waals surface area contributed by atoms with Crippen LogP contribution in [-0.4, -0.2) is 13.2 Å². The lowest BCUT2D eigenvalue weighted by Crippen LogP contribution is -2.15. The van der Waals surface area contributed by atoms with E-state index < -0.39 is 0 Å². The van der Waals surface area contributed by atoms with Gasteiger partial charge in [0.2, 0.25) is 0 Å². The van der Waals surface area contributed by atoms with Gasteiger partial charge in [-0.3, -0.25) is 0 Å². The molecule has 0 aromatic heterocycles. The quantitative estimate of drug-likeness (QED) is 0.861. The van der Waals surface area contributed by atoms with Gasteiger partial charge >= 0.3 is 0 Å². The Kier molecular flexibility index (Phi) is 4.95. The summed E-state index contributed by atoms with van der Waals surface area (Å²) in [4.78, 5) is 0. The molecular formula is C16H19NO2. The van der Waals surface area contributed by atoms with Gasteiger partial charge in [0, 0.05) is 13.2 Å². The molecule has 0 bridgehead atoms. The normalized spacial score (nSPS) is 12.1. The van der Waals surface area contributed by atoms with E-state index in [0.29, 0.717) is 13.2 Å². The summed E-state index contributed by atoms with van der Waals surface area (Å²) in [5.74, 6) is 1.61. The molecule has 0 radical (unpaired) electrons. The lowest BCUT2D eigenvalue weighted by atomic mass is 10.1. The molecule has 0 heterocycles. The molecule has 3 nitrogen and oxygen atoms in total. The first-order chi connectivity index (χ1) is 9.33. The van der Waals surface area contributed by atoms with Crippen LogP contribution >= 0.6 is 0 Å². The zero-order valence-electron chi connectivity index (χ0n) is 11.1. The second-order valence-corrected chi connectivity index (χ2v) is 4.17. The number of rotatable bonds is 6. The van der Waals surface area contributed by atoms with E-state index in [9.17, 15) is 0 Å². The Morgan fingerprint density at radius 1 is 1.00 bits per heavy atom. The highest BCUT2D eigenvalue weighted by atomic mass is 16.5. The van der Waals surface area contributed by atoms with E-state index in [1.54, 1.807) is 0 Å². The Labute approximate surface area is 114 Å². The maximum atomic E-state index is 5.80. The fourth-order valence-electron chi connectivity index (χ4n) is 1.90. The second kappa shape index (κ2) is 6.92. The Balaban J connectivity index is 2.15. The van der Waals surface area contributed by atoms with Crippen LogP contribution in [-0.2, 0) is 4.74 Å². The van der Waals surface area contributed by atoms with Crippen molar-refractivity contribution in [1.29, 1.82) is 0 Å². The Morgan fingerprint density at radius 2 is 1.74 bits per heavy atom. The SMILES string of the molecule is CCOC(CN)c1cccc(Oc2ccccc2)c1. The molecule has 1 atom stereocenters.